The molecule has 0 amide bonds. The molecule has 0 saturated heterocycles. The van der Waals surface area contributed by atoms with E-state index in [0.29, 0.717) is 11.8 Å². The minimum absolute atomic E-state index is 0.151. The summed E-state index contributed by atoms with van der Waals surface area (Å²) in [7, 11) is 0. The van der Waals surface area contributed by atoms with E-state index in [9.17, 15) is 4.79 Å². The fourth-order valence-electron chi connectivity index (χ4n) is 4.16. The first-order chi connectivity index (χ1) is 14.6. The number of fused-ring (bicyclic) bond motifs is 1. The van der Waals surface area contributed by atoms with E-state index in [4.69, 9.17) is 0 Å². The highest BCUT2D eigenvalue weighted by molar-refractivity contribution is 8.00. The van der Waals surface area contributed by atoms with Gasteiger partial charge in [-0.1, -0.05) is 66.4 Å². The zero-order chi connectivity index (χ0) is 20.7. The Morgan fingerprint density at radius 2 is 1.70 bits per heavy atom. The van der Waals surface area contributed by atoms with Crippen molar-refractivity contribution >= 4 is 28.3 Å². The lowest BCUT2D eigenvalue weighted by atomic mass is 10.1. The van der Waals surface area contributed by atoms with Crippen LogP contribution in [-0.2, 0) is 0 Å². The van der Waals surface area contributed by atoms with Crippen molar-refractivity contribution in [2.75, 3.05) is 5.75 Å². The van der Waals surface area contributed by atoms with Gasteiger partial charge < -0.3 is 4.57 Å². The molecule has 4 nitrogen and oxygen atoms in total. The summed E-state index contributed by atoms with van der Waals surface area (Å²) >= 11 is 1.47. The Balaban J connectivity index is 1.43. The summed E-state index contributed by atoms with van der Waals surface area (Å²) in [6, 6.07) is 20.9. The first-order valence-corrected chi connectivity index (χ1v) is 11.3. The first kappa shape index (κ1) is 19.1. The zero-order valence-corrected chi connectivity index (χ0v) is 17.9. The summed E-state index contributed by atoms with van der Waals surface area (Å²) in [5, 5.41) is 11.9. The van der Waals surface area contributed by atoms with E-state index in [1.807, 2.05) is 48.5 Å². The number of ketones is 1. The van der Waals surface area contributed by atoms with E-state index >= 15 is 0 Å². The summed E-state index contributed by atoms with van der Waals surface area (Å²) in [5.74, 6) is 0.510. The minimum Gasteiger partial charge on any atom is -0.345 e. The molecule has 5 rings (SSSR count). The van der Waals surface area contributed by atoms with E-state index in [1.54, 1.807) is 0 Å². The third-order valence-electron chi connectivity index (χ3n) is 5.74. The number of rotatable bonds is 6. The molecule has 2 aromatic carbocycles. The SMILES string of the molecule is Cc1cc(C(=O)CSc2nnc(-c3ccccc3)c3ccccc23)c(C)n1C1CC1. The molecular weight excluding hydrogens is 390 g/mol. The smallest absolute Gasteiger partial charge is 0.174 e. The van der Waals surface area contributed by atoms with E-state index in [2.05, 4.69) is 40.7 Å². The molecule has 2 heterocycles. The molecule has 1 aliphatic rings. The van der Waals surface area contributed by atoms with Crippen LogP contribution in [-0.4, -0.2) is 26.3 Å². The Kier molecular flexibility index (Phi) is 4.91. The average Bonchev–Trinajstić information content (AvgIpc) is 3.56. The highest BCUT2D eigenvalue weighted by Gasteiger charge is 2.28. The van der Waals surface area contributed by atoms with Gasteiger partial charge in [-0.05, 0) is 32.8 Å². The third-order valence-corrected chi connectivity index (χ3v) is 6.72. The second-order valence-electron chi connectivity index (χ2n) is 7.86. The van der Waals surface area contributed by atoms with Gasteiger partial charge in [-0.3, -0.25) is 4.79 Å². The van der Waals surface area contributed by atoms with Crippen LogP contribution in [0.15, 0.2) is 65.7 Å². The van der Waals surface area contributed by atoms with Gasteiger partial charge in [-0.15, -0.1) is 10.2 Å². The molecule has 150 valence electrons. The molecule has 1 saturated carbocycles. The van der Waals surface area contributed by atoms with Crippen molar-refractivity contribution in [2.24, 2.45) is 0 Å². The van der Waals surface area contributed by atoms with Crippen molar-refractivity contribution in [1.82, 2.24) is 14.8 Å². The van der Waals surface area contributed by atoms with Gasteiger partial charge in [0.2, 0.25) is 0 Å². The number of benzene rings is 2. The molecule has 0 unspecified atom stereocenters. The highest BCUT2D eigenvalue weighted by atomic mass is 32.2. The first-order valence-electron chi connectivity index (χ1n) is 10.3. The number of carbonyl (C=O) groups is 1. The quantitative estimate of drug-likeness (QED) is 0.286. The van der Waals surface area contributed by atoms with Gasteiger partial charge in [-0.2, -0.15) is 0 Å². The van der Waals surface area contributed by atoms with Crippen molar-refractivity contribution in [1.29, 1.82) is 0 Å². The number of hydrogen-bond donors (Lipinski definition) is 0. The topological polar surface area (TPSA) is 47.8 Å². The fraction of sp³-hybridized carbons (Fsp3) is 0.240. The van der Waals surface area contributed by atoms with Crippen LogP contribution in [0, 0.1) is 13.8 Å². The lowest BCUT2D eigenvalue weighted by Gasteiger charge is -2.09. The molecule has 0 bridgehead atoms. The molecule has 4 aromatic rings. The van der Waals surface area contributed by atoms with Crippen LogP contribution in [0.2, 0.25) is 0 Å². The van der Waals surface area contributed by atoms with Crippen molar-refractivity contribution in [3.05, 3.63) is 77.6 Å². The van der Waals surface area contributed by atoms with Gasteiger partial charge in [0.1, 0.15) is 10.7 Å². The largest absolute Gasteiger partial charge is 0.345 e. The molecule has 0 radical (unpaired) electrons. The molecule has 1 aliphatic carbocycles. The van der Waals surface area contributed by atoms with Crippen LogP contribution in [0.1, 0.15) is 40.6 Å². The predicted octanol–water partition coefficient (Wildman–Crippen LogP) is 6.03. The summed E-state index contributed by atoms with van der Waals surface area (Å²) < 4.78 is 2.32. The van der Waals surface area contributed by atoms with Crippen LogP contribution in [0.5, 0.6) is 0 Å². The fourth-order valence-corrected chi connectivity index (χ4v) is 5.02. The van der Waals surface area contributed by atoms with Crippen molar-refractivity contribution in [2.45, 2.75) is 37.8 Å². The van der Waals surface area contributed by atoms with E-state index in [-0.39, 0.29) is 5.78 Å². The van der Waals surface area contributed by atoms with Gasteiger partial charge >= 0.3 is 0 Å². The number of nitrogens with zero attached hydrogens (tertiary/aromatic N) is 3. The number of aryl methyl sites for hydroxylation is 1. The normalized spacial score (nSPS) is 13.7. The number of hydrogen-bond acceptors (Lipinski definition) is 4. The van der Waals surface area contributed by atoms with Gasteiger partial charge in [0, 0.05) is 39.3 Å². The Morgan fingerprint density at radius 3 is 2.43 bits per heavy atom. The van der Waals surface area contributed by atoms with Crippen molar-refractivity contribution < 1.29 is 4.79 Å². The maximum Gasteiger partial charge on any atom is 0.174 e. The predicted molar refractivity (Wildman–Crippen MR) is 122 cm³/mol. The molecule has 5 heteroatoms. The highest BCUT2D eigenvalue weighted by Crippen LogP contribution is 2.39. The zero-order valence-electron chi connectivity index (χ0n) is 17.1. The standard InChI is InChI=1S/C25H23N3OS/c1-16-14-22(17(2)28(16)19-12-13-19)23(29)15-30-25-21-11-7-6-10-20(21)24(26-27-25)18-8-4-3-5-9-18/h3-11,14,19H,12-13,15H2,1-2H3. The Labute approximate surface area is 180 Å². The molecule has 2 aromatic heterocycles. The second-order valence-corrected chi connectivity index (χ2v) is 8.83. The Bertz CT molecular complexity index is 1240. The summed E-state index contributed by atoms with van der Waals surface area (Å²) in [6.07, 6.45) is 2.43. The summed E-state index contributed by atoms with van der Waals surface area (Å²) in [4.78, 5) is 13.0. The van der Waals surface area contributed by atoms with Crippen LogP contribution in [0.25, 0.3) is 22.0 Å². The molecule has 0 atom stereocenters. The number of carbonyl (C=O) groups excluding carboxylic acids is 1. The van der Waals surface area contributed by atoms with Gasteiger partial charge in [0.25, 0.3) is 0 Å². The summed E-state index contributed by atoms with van der Waals surface area (Å²) in [5.41, 5.74) is 5.03. The Morgan fingerprint density at radius 1 is 1.00 bits per heavy atom. The van der Waals surface area contributed by atoms with Crippen LogP contribution in [0.3, 0.4) is 0 Å². The van der Waals surface area contributed by atoms with Crippen molar-refractivity contribution in [3.8, 4) is 11.3 Å². The third kappa shape index (κ3) is 3.43. The maximum absolute atomic E-state index is 13.0. The van der Waals surface area contributed by atoms with Crippen LogP contribution < -0.4 is 0 Å². The van der Waals surface area contributed by atoms with Crippen molar-refractivity contribution in [3.63, 3.8) is 0 Å². The Hall–Kier alpha value is -2.92. The second kappa shape index (κ2) is 7.73. The molecule has 0 N–H and O–H groups in total. The van der Waals surface area contributed by atoms with E-state index in [0.717, 1.165) is 38.3 Å². The monoisotopic (exact) mass is 413 g/mol. The van der Waals surface area contributed by atoms with Gasteiger partial charge in [0.05, 0.1) is 5.75 Å². The molecule has 0 aliphatic heterocycles. The molecule has 1 fully saturated rings. The summed E-state index contributed by atoms with van der Waals surface area (Å²) in [6.45, 7) is 4.16. The number of aromatic nitrogens is 3. The average molecular weight is 414 g/mol. The maximum atomic E-state index is 13.0. The molecular formula is C25H23N3OS. The number of Topliss-reactive ketones (excluding diaryl/α,β-unsaturated/α-hetero) is 1. The minimum atomic E-state index is 0.151. The van der Waals surface area contributed by atoms with Crippen LogP contribution in [0.4, 0.5) is 0 Å². The van der Waals surface area contributed by atoms with Crippen LogP contribution >= 0.6 is 11.8 Å². The lowest BCUT2D eigenvalue weighted by molar-refractivity contribution is 0.102. The van der Waals surface area contributed by atoms with E-state index < -0.39 is 0 Å². The van der Waals surface area contributed by atoms with Gasteiger partial charge in [-0.25, -0.2) is 0 Å². The van der Waals surface area contributed by atoms with Gasteiger partial charge in [0.15, 0.2) is 5.78 Å². The van der Waals surface area contributed by atoms with E-state index in [1.165, 1.54) is 30.3 Å². The molecule has 0 spiro atoms. The lowest BCUT2D eigenvalue weighted by Crippen LogP contribution is -2.06. The molecule has 30 heavy (non-hydrogen) atoms. The number of thioether (sulfide) groups is 1.